The van der Waals surface area contributed by atoms with E-state index in [0.717, 1.165) is 29.7 Å². The van der Waals surface area contributed by atoms with E-state index in [2.05, 4.69) is 22.8 Å². The molecule has 2 N–H and O–H groups in total. The third-order valence-corrected chi connectivity index (χ3v) is 6.05. The number of fused-ring (bicyclic) bond motifs is 3. The molecule has 1 heterocycles. The Morgan fingerprint density at radius 2 is 2.14 bits per heavy atom. The first kappa shape index (κ1) is 19.2. The van der Waals surface area contributed by atoms with Crippen LogP contribution in [0.25, 0.3) is 0 Å². The zero-order valence-corrected chi connectivity index (χ0v) is 16.6. The van der Waals surface area contributed by atoms with Gasteiger partial charge in [0.2, 0.25) is 0 Å². The van der Waals surface area contributed by atoms with Gasteiger partial charge in [-0.15, -0.1) is 0 Å². The molecule has 29 heavy (non-hydrogen) atoms. The first-order chi connectivity index (χ1) is 14.0. The number of carbonyl (C=O) groups is 1. The number of anilines is 1. The molecule has 0 bridgehead atoms. The lowest BCUT2D eigenvalue weighted by atomic mass is 9.76. The smallest absolute Gasteiger partial charge is 0.269 e. The fraction of sp³-hybridized carbons (Fsp3) is 0.348. The van der Waals surface area contributed by atoms with E-state index in [1.54, 1.807) is 12.1 Å². The predicted molar refractivity (Wildman–Crippen MR) is 113 cm³/mol. The number of benzene rings is 2. The Balaban J connectivity index is 1.67. The summed E-state index contributed by atoms with van der Waals surface area (Å²) in [6.07, 6.45) is 6.15. The van der Waals surface area contributed by atoms with Crippen LogP contribution >= 0.6 is 0 Å². The van der Waals surface area contributed by atoms with E-state index >= 15 is 0 Å². The Morgan fingerprint density at radius 1 is 1.31 bits per heavy atom. The molecule has 150 valence electrons. The summed E-state index contributed by atoms with van der Waals surface area (Å²) >= 11 is 0. The molecule has 0 saturated carbocycles. The number of non-ortho nitro benzene ring substituents is 1. The molecule has 4 rings (SSSR count). The van der Waals surface area contributed by atoms with Crippen molar-refractivity contribution in [3.05, 3.63) is 81.4 Å². The van der Waals surface area contributed by atoms with Crippen molar-refractivity contribution in [2.45, 2.75) is 44.7 Å². The van der Waals surface area contributed by atoms with Crippen molar-refractivity contribution in [3.63, 3.8) is 0 Å². The van der Waals surface area contributed by atoms with Gasteiger partial charge in [0.1, 0.15) is 0 Å². The second-order valence-corrected chi connectivity index (χ2v) is 7.91. The third kappa shape index (κ3) is 3.62. The Bertz CT molecular complexity index is 985. The first-order valence-corrected chi connectivity index (χ1v) is 10.1. The molecule has 0 spiro atoms. The largest absolute Gasteiger partial charge is 0.378 e. The predicted octanol–water partition coefficient (Wildman–Crippen LogP) is 4.95. The van der Waals surface area contributed by atoms with Gasteiger partial charge in [0.15, 0.2) is 0 Å². The Morgan fingerprint density at radius 3 is 2.90 bits per heavy atom. The van der Waals surface area contributed by atoms with E-state index in [0.29, 0.717) is 5.56 Å². The van der Waals surface area contributed by atoms with Crippen molar-refractivity contribution in [2.75, 3.05) is 5.32 Å². The number of nitrogens with zero attached hydrogens (tertiary/aromatic N) is 1. The SMILES string of the molecule is CCC(C)NC(=O)c1ccc2c(c1)C1C=CCC1C(c1cccc([N+](=O)[O-])c1)N2. The van der Waals surface area contributed by atoms with Crippen LogP contribution in [0.5, 0.6) is 0 Å². The lowest BCUT2D eigenvalue weighted by molar-refractivity contribution is -0.384. The van der Waals surface area contributed by atoms with Gasteiger partial charge in [0.05, 0.1) is 11.0 Å². The van der Waals surface area contributed by atoms with Crippen molar-refractivity contribution in [2.24, 2.45) is 5.92 Å². The number of rotatable bonds is 5. The minimum Gasteiger partial charge on any atom is -0.378 e. The van der Waals surface area contributed by atoms with Crippen molar-refractivity contribution >= 4 is 17.3 Å². The van der Waals surface area contributed by atoms with Crippen LogP contribution in [0.3, 0.4) is 0 Å². The van der Waals surface area contributed by atoms with Crippen molar-refractivity contribution < 1.29 is 9.72 Å². The van der Waals surface area contributed by atoms with E-state index in [1.165, 1.54) is 6.07 Å². The van der Waals surface area contributed by atoms with Crippen molar-refractivity contribution in [3.8, 4) is 0 Å². The van der Waals surface area contributed by atoms with Crippen LogP contribution in [-0.4, -0.2) is 16.9 Å². The van der Waals surface area contributed by atoms with Gasteiger partial charge < -0.3 is 10.6 Å². The van der Waals surface area contributed by atoms with Gasteiger partial charge >= 0.3 is 0 Å². The number of allylic oxidation sites excluding steroid dienone is 2. The van der Waals surface area contributed by atoms with E-state index in [1.807, 2.05) is 38.1 Å². The zero-order chi connectivity index (χ0) is 20.5. The highest BCUT2D eigenvalue weighted by Gasteiger charge is 2.38. The summed E-state index contributed by atoms with van der Waals surface area (Å²) in [6, 6.07) is 12.8. The second-order valence-electron chi connectivity index (χ2n) is 7.91. The molecular weight excluding hydrogens is 366 g/mol. The summed E-state index contributed by atoms with van der Waals surface area (Å²) in [4.78, 5) is 23.4. The molecule has 6 heteroatoms. The van der Waals surface area contributed by atoms with E-state index in [-0.39, 0.29) is 40.4 Å². The number of carbonyl (C=O) groups excluding carboxylic acids is 1. The van der Waals surface area contributed by atoms with Gasteiger partial charge in [-0.3, -0.25) is 14.9 Å². The molecule has 4 atom stereocenters. The highest BCUT2D eigenvalue weighted by Crippen LogP contribution is 2.50. The van der Waals surface area contributed by atoms with Crippen LogP contribution < -0.4 is 10.6 Å². The summed E-state index contributed by atoms with van der Waals surface area (Å²) in [5.74, 6) is 0.394. The van der Waals surface area contributed by atoms with Gasteiger partial charge in [0, 0.05) is 35.3 Å². The number of amides is 1. The average molecular weight is 391 g/mol. The topological polar surface area (TPSA) is 84.3 Å². The van der Waals surface area contributed by atoms with E-state index < -0.39 is 0 Å². The van der Waals surface area contributed by atoms with Gasteiger partial charge in [-0.2, -0.15) is 0 Å². The van der Waals surface area contributed by atoms with E-state index in [9.17, 15) is 14.9 Å². The maximum atomic E-state index is 12.6. The highest BCUT2D eigenvalue weighted by atomic mass is 16.6. The highest BCUT2D eigenvalue weighted by molar-refractivity contribution is 5.95. The van der Waals surface area contributed by atoms with Gasteiger partial charge in [-0.05, 0) is 55.0 Å². The van der Waals surface area contributed by atoms with E-state index in [4.69, 9.17) is 0 Å². The van der Waals surface area contributed by atoms with Crippen molar-refractivity contribution in [1.29, 1.82) is 0 Å². The molecular formula is C23H25N3O3. The van der Waals surface area contributed by atoms with Crippen LogP contribution in [0.15, 0.2) is 54.6 Å². The van der Waals surface area contributed by atoms with Gasteiger partial charge in [-0.25, -0.2) is 0 Å². The summed E-state index contributed by atoms with van der Waals surface area (Å²) < 4.78 is 0. The molecule has 1 aliphatic heterocycles. The number of hydrogen-bond donors (Lipinski definition) is 2. The minimum atomic E-state index is -0.354. The quantitative estimate of drug-likeness (QED) is 0.429. The number of hydrogen-bond acceptors (Lipinski definition) is 4. The molecule has 0 saturated heterocycles. The fourth-order valence-electron chi connectivity index (χ4n) is 4.31. The van der Waals surface area contributed by atoms with Gasteiger partial charge in [0.25, 0.3) is 11.6 Å². The standard InChI is InChI=1S/C23H25N3O3/c1-3-14(2)24-23(27)16-10-11-21-20(13-16)18-8-5-9-19(18)22(25-21)15-6-4-7-17(12-15)26(28)29/h4-8,10-14,18-19,22,25H,3,9H2,1-2H3,(H,24,27). The summed E-state index contributed by atoms with van der Waals surface area (Å²) in [5.41, 5.74) is 3.78. The molecule has 2 aromatic rings. The molecule has 4 unspecified atom stereocenters. The second kappa shape index (κ2) is 7.70. The molecule has 1 amide bonds. The monoisotopic (exact) mass is 391 g/mol. The number of nitro groups is 1. The van der Waals surface area contributed by atoms with Crippen molar-refractivity contribution in [1.82, 2.24) is 5.32 Å². The summed E-state index contributed by atoms with van der Waals surface area (Å²) in [5, 5.41) is 17.8. The third-order valence-electron chi connectivity index (χ3n) is 6.05. The van der Waals surface area contributed by atoms with Crippen LogP contribution in [-0.2, 0) is 0 Å². The lowest BCUT2D eigenvalue weighted by Gasteiger charge is -2.37. The molecule has 2 aromatic carbocycles. The van der Waals surface area contributed by atoms with Gasteiger partial charge in [-0.1, -0.05) is 31.2 Å². The normalized spacial score (nSPS) is 22.9. The molecule has 0 aromatic heterocycles. The minimum absolute atomic E-state index is 0.0119. The molecule has 0 radical (unpaired) electrons. The van der Waals surface area contributed by atoms with Crippen LogP contribution in [0.2, 0.25) is 0 Å². The van der Waals surface area contributed by atoms with Crippen LogP contribution in [0, 0.1) is 16.0 Å². The van der Waals surface area contributed by atoms with Crippen LogP contribution in [0.4, 0.5) is 11.4 Å². The Hall–Kier alpha value is -3.15. The average Bonchev–Trinajstić information content (AvgIpc) is 3.23. The summed E-state index contributed by atoms with van der Waals surface area (Å²) in [6.45, 7) is 4.04. The molecule has 1 aliphatic carbocycles. The Kier molecular flexibility index (Phi) is 5.09. The lowest BCUT2D eigenvalue weighted by Crippen LogP contribution is -2.33. The number of nitrogens with one attached hydrogen (secondary N) is 2. The molecule has 6 nitrogen and oxygen atoms in total. The molecule has 0 fully saturated rings. The van der Waals surface area contributed by atoms with Crippen LogP contribution in [0.1, 0.15) is 60.1 Å². The maximum absolute atomic E-state index is 12.6. The summed E-state index contributed by atoms with van der Waals surface area (Å²) in [7, 11) is 0. The Labute approximate surface area is 170 Å². The number of nitro benzene ring substituents is 1. The molecule has 2 aliphatic rings. The maximum Gasteiger partial charge on any atom is 0.269 e. The first-order valence-electron chi connectivity index (χ1n) is 10.1. The zero-order valence-electron chi connectivity index (χ0n) is 16.6. The fourth-order valence-corrected chi connectivity index (χ4v) is 4.31.